The van der Waals surface area contributed by atoms with Crippen molar-refractivity contribution in [2.45, 2.75) is 10.9 Å². The van der Waals surface area contributed by atoms with Crippen molar-refractivity contribution in [3.05, 3.63) is 0 Å². The SMILES string of the molecule is C[CH]([Sn])C#N. The molecule has 25 valence electrons. The second-order valence-corrected chi connectivity index (χ2v) is 3.32. The Morgan fingerprint density at radius 2 is 2.20 bits per heavy atom. The minimum atomic E-state index is 0.280. The molecular formula is C3H4NSn. The van der Waals surface area contributed by atoms with Crippen LogP contribution < -0.4 is 0 Å². The van der Waals surface area contributed by atoms with Gasteiger partial charge in [-0.05, 0) is 0 Å². The fraction of sp³-hybridized carbons (Fsp3) is 0.667. The first-order valence-corrected chi connectivity index (χ1v) is 3.03. The van der Waals surface area contributed by atoms with Crippen LogP contribution in [0.25, 0.3) is 0 Å². The van der Waals surface area contributed by atoms with Gasteiger partial charge in [0, 0.05) is 0 Å². The van der Waals surface area contributed by atoms with E-state index >= 15 is 0 Å². The molecule has 0 aliphatic carbocycles. The Morgan fingerprint density at radius 1 is 2.00 bits per heavy atom. The summed E-state index contributed by atoms with van der Waals surface area (Å²) in [6.07, 6.45) is 0. The van der Waals surface area contributed by atoms with Crippen LogP contribution in [0.4, 0.5) is 0 Å². The van der Waals surface area contributed by atoms with E-state index in [1.165, 1.54) is 22.5 Å². The summed E-state index contributed by atoms with van der Waals surface area (Å²) < 4.78 is 0.280. The molecule has 1 atom stereocenters. The van der Waals surface area contributed by atoms with Gasteiger partial charge >= 0.3 is 44.7 Å². The zero-order chi connectivity index (χ0) is 4.28. The van der Waals surface area contributed by atoms with Crippen LogP contribution in [0.1, 0.15) is 6.92 Å². The van der Waals surface area contributed by atoms with Crippen LogP contribution in [0, 0.1) is 11.3 Å². The number of hydrogen-bond donors (Lipinski definition) is 0. The zero-order valence-corrected chi connectivity index (χ0v) is 5.88. The summed E-state index contributed by atoms with van der Waals surface area (Å²) >= 11 is 1.31. The Morgan fingerprint density at radius 3 is 2.20 bits per heavy atom. The molecule has 0 N–H and O–H groups in total. The second-order valence-electron chi connectivity index (χ2n) is 0.851. The van der Waals surface area contributed by atoms with E-state index in [0.717, 1.165) is 0 Å². The molecule has 0 rings (SSSR count). The molecule has 0 saturated carbocycles. The Hall–Kier alpha value is 0.289. The molecule has 0 heterocycles. The van der Waals surface area contributed by atoms with Gasteiger partial charge in [-0.3, -0.25) is 0 Å². The predicted molar refractivity (Wildman–Crippen MR) is 20.8 cm³/mol. The number of nitriles is 1. The van der Waals surface area contributed by atoms with E-state index < -0.39 is 0 Å². The molecular weight excluding hydrogens is 169 g/mol. The number of hydrogen-bond acceptors (Lipinski definition) is 1. The summed E-state index contributed by atoms with van der Waals surface area (Å²) in [7, 11) is 0. The first kappa shape index (κ1) is 5.29. The Labute approximate surface area is 45.1 Å². The molecule has 0 aromatic rings. The topological polar surface area (TPSA) is 23.8 Å². The molecule has 0 amide bonds. The van der Waals surface area contributed by atoms with E-state index in [2.05, 4.69) is 6.07 Å². The molecule has 0 aliphatic heterocycles. The van der Waals surface area contributed by atoms with Gasteiger partial charge in [0.15, 0.2) is 0 Å². The zero-order valence-electron chi connectivity index (χ0n) is 3.02. The molecule has 0 saturated heterocycles. The average Bonchev–Trinajstić information content (AvgIpc) is 1.38. The summed E-state index contributed by atoms with van der Waals surface area (Å²) in [5.41, 5.74) is 0. The van der Waals surface area contributed by atoms with Crippen LogP contribution >= 0.6 is 0 Å². The third kappa shape index (κ3) is 4.29. The predicted octanol–water partition coefficient (Wildman–Crippen LogP) is 0.487. The van der Waals surface area contributed by atoms with E-state index in [4.69, 9.17) is 5.26 Å². The van der Waals surface area contributed by atoms with Crippen LogP contribution in [0.2, 0.25) is 3.93 Å². The van der Waals surface area contributed by atoms with E-state index in [9.17, 15) is 0 Å². The second kappa shape index (κ2) is 2.52. The fourth-order valence-corrected chi connectivity index (χ4v) is 0. The van der Waals surface area contributed by atoms with Crippen molar-refractivity contribution < 1.29 is 0 Å². The summed E-state index contributed by atoms with van der Waals surface area (Å²) in [6.45, 7) is 1.90. The molecule has 3 radical (unpaired) electrons. The van der Waals surface area contributed by atoms with Gasteiger partial charge < -0.3 is 0 Å². The molecule has 0 aliphatic rings. The first-order valence-electron chi connectivity index (χ1n) is 1.38. The van der Waals surface area contributed by atoms with Crippen molar-refractivity contribution in [1.29, 1.82) is 5.26 Å². The van der Waals surface area contributed by atoms with E-state index in [-0.39, 0.29) is 3.93 Å². The van der Waals surface area contributed by atoms with Gasteiger partial charge in [0.1, 0.15) is 0 Å². The van der Waals surface area contributed by atoms with Crippen LogP contribution in [0.15, 0.2) is 0 Å². The molecule has 5 heavy (non-hydrogen) atoms. The van der Waals surface area contributed by atoms with Crippen LogP contribution in [0.5, 0.6) is 0 Å². The molecule has 1 nitrogen and oxygen atoms in total. The van der Waals surface area contributed by atoms with Gasteiger partial charge in [-0.15, -0.1) is 0 Å². The Bertz CT molecular complexity index is 52.4. The van der Waals surface area contributed by atoms with E-state index in [1.54, 1.807) is 0 Å². The summed E-state index contributed by atoms with van der Waals surface area (Å²) in [4.78, 5) is 0. The molecule has 2 heteroatoms. The van der Waals surface area contributed by atoms with Gasteiger partial charge in [-0.1, -0.05) is 0 Å². The van der Waals surface area contributed by atoms with Gasteiger partial charge in [-0.25, -0.2) is 0 Å². The third-order valence-corrected chi connectivity index (χ3v) is 0.562. The molecule has 0 aromatic carbocycles. The van der Waals surface area contributed by atoms with Crippen LogP contribution in [0.3, 0.4) is 0 Å². The van der Waals surface area contributed by atoms with Crippen LogP contribution in [-0.2, 0) is 0 Å². The number of rotatable bonds is 0. The van der Waals surface area contributed by atoms with Crippen molar-refractivity contribution in [3.63, 3.8) is 0 Å². The van der Waals surface area contributed by atoms with Gasteiger partial charge in [0.2, 0.25) is 0 Å². The van der Waals surface area contributed by atoms with Gasteiger partial charge in [0.25, 0.3) is 0 Å². The number of nitrogens with zero attached hydrogens (tertiary/aromatic N) is 1. The van der Waals surface area contributed by atoms with E-state index in [1.807, 2.05) is 6.92 Å². The summed E-state index contributed by atoms with van der Waals surface area (Å²) in [6, 6.07) is 2.07. The molecule has 0 bridgehead atoms. The van der Waals surface area contributed by atoms with Gasteiger partial charge in [0.05, 0.1) is 0 Å². The summed E-state index contributed by atoms with van der Waals surface area (Å²) in [5.74, 6) is 0. The average molecular weight is 173 g/mol. The standard InChI is InChI=1S/C3H4N.Sn/c1-2-3-4;/h2H,1H3;. The maximum atomic E-state index is 7.92. The van der Waals surface area contributed by atoms with Crippen LogP contribution in [-0.4, -0.2) is 22.5 Å². The van der Waals surface area contributed by atoms with Crippen molar-refractivity contribution >= 4 is 22.5 Å². The third-order valence-electron chi connectivity index (χ3n) is 0.194. The van der Waals surface area contributed by atoms with Crippen molar-refractivity contribution in [3.8, 4) is 6.07 Å². The van der Waals surface area contributed by atoms with Crippen molar-refractivity contribution in [2.75, 3.05) is 0 Å². The summed E-state index contributed by atoms with van der Waals surface area (Å²) in [5, 5.41) is 7.92. The maximum absolute atomic E-state index is 7.92. The molecule has 0 fully saturated rings. The minimum absolute atomic E-state index is 0.280. The van der Waals surface area contributed by atoms with E-state index in [0.29, 0.717) is 0 Å². The monoisotopic (exact) mass is 174 g/mol. The normalized spacial score (nSPS) is 13.0. The van der Waals surface area contributed by atoms with Gasteiger partial charge in [-0.2, -0.15) is 0 Å². The molecule has 1 unspecified atom stereocenters. The fourth-order valence-electron chi connectivity index (χ4n) is 0. The Kier molecular flexibility index (Phi) is 2.67. The molecule has 0 spiro atoms. The van der Waals surface area contributed by atoms with Crippen molar-refractivity contribution in [1.82, 2.24) is 0 Å². The quantitative estimate of drug-likeness (QED) is 0.488. The first-order chi connectivity index (χ1) is 2.27. The molecule has 0 aromatic heterocycles. The van der Waals surface area contributed by atoms with Crippen molar-refractivity contribution in [2.24, 2.45) is 0 Å². The Balaban J connectivity index is 2.94.